The number of rotatable bonds is 6. The van der Waals surface area contributed by atoms with E-state index in [0.29, 0.717) is 17.0 Å². The lowest BCUT2D eigenvalue weighted by Gasteiger charge is -2.37. The van der Waals surface area contributed by atoms with Gasteiger partial charge in [-0.15, -0.1) is 0 Å². The molecule has 0 unspecified atom stereocenters. The summed E-state index contributed by atoms with van der Waals surface area (Å²) in [5, 5.41) is 7.12. The first-order chi connectivity index (χ1) is 17.1. The first-order valence-electron chi connectivity index (χ1n) is 12.4. The van der Waals surface area contributed by atoms with E-state index in [0.717, 1.165) is 83.4 Å². The van der Waals surface area contributed by atoms with Crippen molar-refractivity contribution in [3.05, 3.63) is 47.8 Å². The van der Waals surface area contributed by atoms with Crippen molar-refractivity contribution in [2.75, 3.05) is 75.8 Å². The predicted molar refractivity (Wildman–Crippen MR) is 145 cm³/mol. The third kappa shape index (κ3) is 7.84. The molecular weight excluding hydrogens is 460 g/mol. The van der Waals surface area contributed by atoms with Gasteiger partial charge in [-0.1, -0.05) is 18.2 Å². The summed E-state index contributed by atoms with van der Waals surface area (Å²) in [5.74, 6) is 1.23. The van der Waals surface area contributed by atoms with Crippen LogP contribution in [0.1, 0.15) is 17.8 Å². The average Bonchev–Trinajstić information content (AvgIpc) is 2.87. The van der Waals surface area contributed by atoms with Crippen LogP contribution < -0.4 is 15.5 Å². The first-order valence-corrected chi connectivity index (χ1v) is 12.8. The van der Waals surface area contributed by atoms with Crippen LogP contribution >= 0.6 is 12.2 Å². The summed E-state index contributed by atoms with van der Waals surface area (Å²) >= 11 is 5.59. The highest BCUT2D eigenvalue weighted by atomic mass is 32.1. The minimum atomic E-state index is 0.476. The van der Waals surface area contributed by atoms with Gasteiger partial charge >= 0.3 is 0 Å². The van der Waals surface area contributed by atoms with E-state index >= 15 is 0 Å². The largest absolute Gasteiger partial charge is 0.379 e. The lowest BCUT2D eigenvalue weighted by molar-refractivity contribution is 0.0376. The van der Waals surface area contributed by atoms with E-state index in [-0.39, 0.29) is 0 Å². The Hall–Kier alpha value is -2.82. The molecule has 10 heteroatoms. The Balaban J connectivity index is 1.37. The van der Waals surface area contributed by atoms with E-state index in [2.05, 4.69) is 59.6 Å². The molecule has 2 aliphatic heterocycles. The topological polar surface area (TPSA) is 81.1 Å². The van der Waals surface area contributed by atoms with Crippen molar-refractivity contribution in [2.45, 2.75) is 20.3 Å². The molecule has 1 aromatic heterocycles. The van der Waals surface area contributed by atoms with Crippen LogP contribution in [0.2, 0.25) is 0 Å². The van der Waals surface area contributed by atoms with Crippen LogP contribution in [0.5, 0.6) is 0 Å². The van der Waals surface area contributed by atoms with Crippen LogP contribution in [0.15, 0.2) is 41.4 Å². The highest BCUT2D eigenvalue weighted by Gasteiger charge is 2.21. The standard InChI is InChI=1S/C25H36N8OS/c1-20-19-21(2)28-23(27-20)29-24(30-25(35)26-9-6-10-31-15-17-34-18-16-31)33-13-11-32(12-14-33)22-7-4-3-5-8-22/h3-5,7-8,19H,6,9-18H2,1-2H3,(H2,26,27,28,29,30,35). The number of ether oxygens (including phenoxy) is 1. The fourth-order valence-electron chi connectivity index (χ4n) is 4.33. The van der Waals surface area contributed by atoms with Gasteiger partial charge in [0.2, 0.25) is 11.9 Å². The molecule has 0 aliphatic carbocycles. The Labute approximate surface area is 213 Å². The second-order valence-corrected chi connectivity index (χ2v) is 9.27. The number of hydrogen-bond acceptors (Lipinski definition) is 6. The number of thiocarbonyl (C=S) groups is 1. The van der Waals surface area contributed by atoms with Crippen LogP contribution in [0.3, 0.4) is 0 Å². The third-order valence-corrected chi connectivity index (χ3v) is 6.38. The summed E-state index contributed by atoms with van der Waals surface area (Å²) in [5.41, 5.74) is 3.07. The van der Waals surface area contributed by atoms with Crippen LogP contribution in [0.4, 0.5) is 11.6 Å². The summed E-state index contributed by atoms with van der Waals surface area (Å²) in [6.07, 6.45) is 1.01. The van der Waals surface area contributed by atoms with Crippen molar-refractivity contribution < 1.29 is 4.74 Å². The summed E-state index contributed by atoms with van der Waals surface area (Å²) < 4.78 is 5.42. The van der Waals surface area contributed by atoms with Gasteiger partial charge in [-0.3, -0.25) is 10.2 Å². The van der Waals surface area contributed by atoms with Crippen LogP contribution in [-0.2, 0) is 4.74 Å². The number of aromatic nitrogens is 2. The highest BCUT2D eigenvalue weighted by molar-refractivity contribution is 7.80. The molecule has 0 spiro atoms. The zero-order valence-electron chi connectivity index (χ0n) is 20.7. The van der Waals surface area contributed by atoms with Crippen molar-refractivity contribution >= 4 is 34.9 Å². The molecule has 0 radical (unpaired) electrons. The molecule has 1 aromatic carbocycles. The fraction of sp³-hybridized carbons (Fsp3) is 0.520. The molecule has 4 rings (SSSR count). The summed E-state index contributed by atoms with van der Waals surface area (Å²) in [6.45, 7) is 12.9. The summed E-state index contributed by atoms with van der Waals surface area (Å²) in [4.78, 5) is 20.9. The normalized spacial score (nSPS) is 17.4. The van der Waals surface area contributed by atoms with Gasteiger partial charge in [0.1, 0.15) is 0 Å². The SMILES string of the molecule is Cc1cc(C)nc(N/C(=N/C(=S)NCCCN2CCOCC2)N2CCN(c3ccccc3)CC2)n1. The Morgan fingerprint density at radius 2 is 1.69 bits per heavy atom. The van der Waals surface area contributed by atoms with Gasteiger partial charge in [0.15, 0.2) is 5.11 Å². The van der Waals surface area contributed by atoms with Crippen molar-refractivity contribution in [2.24, 2.45) is 4.99 Å². The Kier molecular flexibility index (Phi) is 9.21. The second-order valence-electron chi connectivity index (χ2n) is 8.88. The molecule has 2 fully saturated rings. The number of hydrogen-bond donors (Lipinski definition) is 2. The minimum Gasteiger partial charge on any atom is -0.379 e. The molecule has 2 saturated heterocycles. The van der Waals surface area contributed by atoms with Gasteiger partial charge in [0, 0.05) is 62.9 Å². The Morgan fingerprint density at radius 1 is 1.00 bits per heavy atom. The van der Waals surface area contributed by atoms with Gasteiger partial charge in [0.25, 0.3) is 0 Å². The van der Waals surface area contributed by atoms with Crippen LogP contribution in [0.25, 0.3) is 0 Å². The van der Waals surface area contributed by atoms with Crippen LogP contribution in [-0.4, -0.2) is 96.4 Å². The molecule has 2 N–H and O–H groups in total. The van der Waals surface area contributed by atoms with Gasteiger partial charge in [-0.2, -0.15) is 4.99 Å². The fourth-order valence-corrected chi connectivity index (χ4v) is 4.52. The quantitative estimate of drug-likeness (QED) is 0.271. The number of nitrogens with one attached hydrogen (secondary N) is 2. The van der Waals surface area contributed by atoms with Crippen LogP contribution in [0, 0.1) is 13.8 Å². The number of aryl methyl sites for hydroxylation is 2. The number of piperazine rings is 1. The lowest BCUT2D eigenvalue weighted by Crippen LogP contribution is -2.51. The predicted octanol–water partition coefficient (Wildman–Crippen LogP) is 2.28. The lowest BCUT2D eigenvalue weighted by atomic mass is 10.2. The summed E-state index contributed by atoms with van der Waals surface area (Å²) in [7, 11) is 0. The summed E-state index contributed by atoms with van der Waals surface area (Å²) in [6, 6.07) is 12.5. The molecular formula is C25H36N8OS. The van der Waals surface area contributed by atoms with Crippen molar-refractivity contribution in [3.8, 4) is 0 Å². The molecule has 0 bridgehead atoms. The Morgan fingerprint density at radius 3 is 2.37 bits per heavy atom. The number of benzene rings is 1. The number of guanidine groups is 1. The van der Waals surface area contributed by atoms with Gasteiger partial charge < -0.3 is 19.9 Å². The van der Waals surface area contributed by atoms with Gasteiger partial charge in [0.05, 0.1) is 13.2 Å². The minimum absolute atomic E-state index is 0.476. The monoisotopic (exact) mass is 496 g/mol. The molecule has 0 amide bonds. The molecule has 188 valence electrons. The molecule has 9 nitrogen and oxygen atoms in total. The van der Waals surface area contributed by atoms with E-state index < -0.39 is 0 Å². The molecule has 3 heterocycles. The third-order valence-electron chi connectivity index (χ3n) is 6.14. The molecule has 0 saturated carbocycles. The highest BCUT2D eigenvalue weighted by Crippen LogP contribution is 2.16. The number of nitrogens with zero attached hydrogens (tertiary/aromatic N) is 6. The zero-order chi connectivity index (χ0) is 24.5. The number of morpholine rings is 1. The second kappa shape index (κ2) is 12.8. The smallest absolute Gasteiger partial charge is 0.229 e. The van der Waals surface area contributed by atoms with E-state index in [9.17, 15) is 0 Å². The van der Waals surface area contributed by atoms with Gasteiger partial charge in [-0.05, 0) is 57.2 Å². The van der Waals surface area contributed by atoms with Crippen molar-refractivity contribution in [1.82, 2.24) is 25.1 Å². The molecule has 35 heavy (non-hydrogen) atoms. The van der Waals surface area contributed by atoms with Crippen molar-refractivity contribution in [3.63, 3.8) is 0 Å². The van der Waals surface area contributed by atoms with E-state index in [1.807, 2.05) is 26.0 Å². The maximum absolute atomic E-state index is 5.59. The van der Waals surface area contributed by atoms with E-state index in [1.165, 1.54) is 5.69 Å². The molecule has 2 aromatic rings. The molecule has 0 atom stereocenters. The zero-order valence-corrected chi connectivity index (χ0v) is 21.6. The van der Waals surface area contributed by atoms with Crippen molar-refractivity contribution in [1.29, 1.82) is 0 Å². The average molecular weight is 497 g/mol. The van der Waals surface area contributed by atoms with E-state index in [1.54, 1.807) is 0 Å². The maximum atomic E-state index is 5.59. The number of aliphatic imine (C=N–C) groups is 1. The Bertz CT molecular complexity index is 968. The molecule has 2 aliphatic rings. The number of para-hydroxylation sites is 1. The van der Waals surface area contributed by atoms with Gasteiger partial charge in [-0.25, -0.2) is 9.97 Å². The first kappa shape index (κ1) is 25.3. The number of anilines is 2. The van der Waals surface area contributed by atoms with E-state index in [4.69, 9.17) is 21.9 Å². The maximum Gasteiger partial charge on any atom is 0.229 e.